The van der Waals surface area contributed by atoms with Gasteiger partial charge < -0.3 is 4.74 Å². The summed E-state index contributed by atoms with van der Waals surface area (Å²) in [6, 6.07) is 15.7. The summed E-state index contributed by atoms with van der Waals surface area (Å²) >= 11 is 0. The molecule has 0 fully saturated rings. The Labute approximate surface area is 120 Å². The van der Waals surface area contributed by atoms with Gasteiger partial charge in [-0.15, -0.1) is 0 Å². The van der Waals surface area contributed by atoms with Gasteiger partial charge in [-0.05, 0) is 30.5 Å². The largest absolute Gasteiger partial charge is 0.489 e. The molecule has 0 aliphatic heterocycles. The predicted molar refractivity (Wildman–Crippen MR) is 81.3 cm³/mol. The maximum Gasteiger partial charge on any atom is 0.160 e. The van der Waals surface area contributed by atoms with Crippen LogP contribution in [0.5, 0.6) is 5.75 Å². The summed E-state index contributed by atoms with van der Waals surface area (Å²) in [6.45, 7) is 6.32. The molecule has 0 amide bonds. The van der Waals surface area contributed by atoms with Crippen molar-refractivity contribution in [1.29, 1.82) is 0 Å². The van der Waals surface area contributed by atoms with Crippen LogP contribution < -0.4 is 4.74 Å². The Balaban J connectivity index is 2.07. The lowest BCUT2D eigenvalue weighted by Gasteiger charge is -2.11. The van der Waals surface area contributed by atoms with Crippen molar-refractivity contribution in [3.63, 3.8) is 0 Å². The molecule has 2 rings (SSSR count). The molecule has 2 nitrogen and oxygen atoms in total. The van der Waals surface area contributed by atoms with Crippen LogP contribution in [0.25, 0.3) is 0 Å². The van der Waals surface area contributed by atoms with Crippen molar-refractivity contribution in [2.45, 2.75) is 33.3 Å². The smallest absolute Gasteiger partial charge is 0.160 e. The molecule has 0 unspecified atom stereocenters. The molecule has 2 heteroatoms. The summed E-state index contributed by atoms with van der Waals surface area (Å²) in [5.41, 5.74) is 2.95. The molecule has 0 aliphatic carbocycles. The molecule has 0 saturated heterocycles. The van der Waals surface area contributed by atoms with Gasteiger partial charge in [-0.25, -0.2) is 0 Å². The fourth-order valence-electron chi connectivity index (χ4n) is 2.10. The first kappa shape index (κ1) is 14.3. The monoisotopic (exact) mass is 268 g/mol. The zero-order valence-electron chi connectivity index (χ0n) is 12.2. The summed E-state index contributed by atoms with van der Waals surface area (Å²) in [6.07, 6.45) is 0. The van der Waals surface area contributed by atoms with Crippen LogP contribution in [0, 0.1) is 0 Å². The fourth-order valence-corrected chi connectivity index (χ4v) is 2.10. The summed E-state index contributed by atoms with van der Waals surface area (Å²) in [7, 11) is 0. The number of carbonyl (C=O) groups excluding carboxylic acids is 1. The van der Waals surface area contributed by atoms with Gasteiger partial charge in [0.15, 0.2) is 5.78 Å². The number of benzene rings is 2. The summed E-state index contributed by atoms with van der Waals surface area (Å²) in [5.74, 6) is 1.41. The highest BCUT2D eigenvalue weighted by molar-refractivity contribution is 5.95. The third-order valence-electron chi connectivity index (χ3n) is 3.34. The van der Waals surface area contributed by atoms with Crippen molar-refractivity contribution < 1.29 is 9.53 Å². The highest BCUT2D eigenvalue weighted by Gasteiger charge is 2.07. The van der Waals surface area contributed by atoms with Gasteiger partial charge in [0.25, 0.3) is 0 Å². The van der Waals surface area contributed by atoms with E-state index in [2.05, 4.69) is 26.0 Å². The molecule has 0 bridgehead atoms. The Morgan fingerprint density at radius 1 is 1.05 bits per heavy atom. The molecule has 0 aromatic heterocycles. The number of hydrogen-bond acceptors (Lipinski definition) is 2. The molecule has 0 radical (unpaired) electrons. The average Bonchev–Trinajstić information content (AvgIpc) is 2.45. The van der Waals surface area contributed by atoms with Gasteiger partial charge in [0.05, 0.1) is 0 Å². The minimum atomic E-state index is 0.0688. The normalized spacial score (nSPS) is 10.6. The zero-order chi connectivity index (χ0) is 14.5. The van der Waals surface area contributed by atoms with Gasteiger partial charge in [-0.3, -0.25) is 4.79 Å². The maximum atomic E-state index is 11.5. The molecule has 0 atom stereocenters. The molecule has 0 saturated carbocycles. The molecule has 104 valence electrons. The molecular weight excluding hydrogens is 248 g/mol. The number of hydrogen-bond donors (Lipinski definition) is 0. The molecule has 0 spiro atoms. The maximum absolute atomic E-state index is 11.5. The van der Waals surface area contributed by atoms with Crippen molar-refractivity contribution in [3.05, 3.63) is 65.2 Å². The number of ether oxygens (including phenoxy) is 1. The minimum absolute atomic E-state index is 0.0688. The van der Waals surface area contributed by atoms with Crippen LogP contribution in [0.4, 0.5) is 0 Å². The van der Waals surface area contributed by atoms with Crippen LogP contribution in [-0.4, -0.2) is 5.78 Å². The van der Waals surface area contributed by atoms with Crippen molar-refractivity contribution in [2.24, 2.45) is 0 Å². The lowest BCUT2D eigenvalue weighted by Crippen LogP contribution is -2.03. The molecule has 0 aliphatic rings. The minimum Gasteiger partial charge on any atom is -0.489 e. The summed E-state index contributed by atoms with van der Waals surface area (Å²) < 4.78 is 5.77. The third kappa shape index (κ3) is 3.47. The van der Waals surface area contributed by atoms with Gasteiger partial charge in [-0.2, -0.15) is 0 Å². The van der Waals surface area contributed by atoms with E-state index < -0.39 is 0 Å². The van der Waals surface area contributed by atoms with Crippen LogP contribution in [0.3, 0.4) is 0 Å². The topological polar surface area (TPSA) is 26.3 Å². The van der Waals surface area contributed by atoms with E-state index >= 15 is 0 Å². The number of rotatable bonds is 5. The molecule has 0 heterocycles. The fraction of sp³-hybridized carbons (Fsp3) is 0.278. The second-order valence-corrected chi connectivity index (χ2v) is 5.23. The van der Waals surface area contributed by atoms with Gasteiger partial charge >= 0.3 is 0 Å². The zero-order valence-corrected chi connectivity index (χ0v) is 12.2. The van der Waals surface area contributed by atoms with Crippen molar-refractivity contribution in [3.8, 4) is 5.75 Å². The Morgan fingerprint density at radius 2 is 1.70 bits per heavy atom. The first-order chi connectivity index (χ1) is 9.58. The first-order valence-corrected chi connectivity index (χ1v) is 6.89. The van der Waals surface area contributed by atoms with Crippen LogP contribution in [-0.2, 0) is 6.61 Å². The van der Waals surface area contributed by atoms with E-state index in [0.717, 1.165) is 16.9 Å². The lowest BCUT2D eigenvalue weighted by atomic mass is 10.0. The quantitative estimate of drug-likeness (QED) is 0.741. The van der Waals surface area contributed by atoms with E-state index in [9.17, 15) is 4.79 Å². The van der Waals surface area contributed by atoms with Crippen LogP contribution >= 0.6 is 0 Å². The van der Waals surface area contributed by atoms with Gasteiger partial charge in [0.1, 0.15) is 12.4 Å². The highest BCUT2D eigenvalue weighted by Crippen LogP contribution is 2.20. The molecular formula is C18H20O2. The Bertz CT molecular complexity index is 583. The van der Waals surface area contributed by atoms with Gasteiger partial charge in [0.2, 0.25) is 0 Å². The van der Waals surface area contributed by atoms with E-state index in [1.807, 2.05) is 36.4 Å². The standard InChI is InChI=1S/C18H20O2/c1-13(2)15-8-10-17(11-9-15)20-12-16-6-4-5-7-18(16)14(3)19/h4-11,13H,12H2,1-3H3. The van der Waals surface area contributed by atoms with E-state index in [0.29, 0.717) is 12.5 Å². The first-order valence-electron chi connectivity index (χ1n) is 6.89. The molecule has 20 heavy (non-hydrogen) atoms. The number of ketones is 1. The second kappa shape index (κ2) is 6.38. The van der Waals surface area contributed by atoms with Gasteiger partial charge in [-0.1, -0.05) is 50.2 Å². The Hall–Kier alpha value is -2.09. The van der Waals surface area contributed by atoms with Crippen molar-refractivity contribution in [1.82, 2.24) is 0 Å². The number of Topliss-reactive ketones (excluding diaryl/α,β-unsaturated/α-hetero) is 1. The number of carbonyl (C=O) groups is 1. The highest BCUT2D eigenvalue weighted by atomic mass is 16.5. The van der Waals surface area contributed by atoms with Gasteiger partial charge in [0, 0.05) is 11.1 Å². The average molecular weight is 268 g/mol. The lowest BCUT2D eigenvalue weighted by molar-refractivity contribution is 0.101. The van der Waals surface area contributed by atoms with E-state index in [1.165, 1.54) is 5.56 Å². The van der Waals surface area contributed by atoms with E-state index in [1.54, 1.807) is 6.92 Å². The third-order valence-corrected chi connectivity index (χ3v) is 3.34. The Morgan fingerprint density at radius 3 is 2.30 bits per heavy atom. The van der Waals surface area contributed by atoms with Crippen molar-refractivity contribution >= 4 is 5.78 Å². The molecule has 2 aromatic rings. The van der Waals surface area contributed by atoms with Crippen LogP contribution in [0.1, 0.15) is 48.2 Å². The summed E-state index contributed by atoms with van der Waals surface area (Å²) in [5, 5.41) is 0. The van der Waals surface area contributed by atoms with E-state index in [-0.39, 0.29) is 5.78 Å². The molecule has 2 aromatic carbocycles. The Kier molecular flexibility index (Phi) is 4.57. The summed E-state index contributed by atoms with van der Waals surface area (Å²) in [4.78, 5) is 11.5. The van der Waals surface area contributed by atoms with Crippen LogP contribution in [0.2, 0.25) is 0 Å². The SMILES string of the molecule is CC(=O)c1ccccc1COc1ccc(C(C)C)cc1. The second-order valence-electron chi connectivity index (χ2n) is 5.23. The van der Waals surface area contributed by atoms with Crippen molar-refractivity contribution in [2.75, 3.05) is 0 Å². The molecule has 0 N–H and O–H groups in total. The van der Waals surface area contributed by atoms with Crippen LogP contribution in [0.15, 0.2) is 48.5 Å². The predicted octanol–water partition coefficient (Wildman–Crippen LogP) is 4.59. The van der Waals surface area contributed by atoms with E-state index in [4.69, 9.17) is 4.74 Å².